The predicted octanol–water partition coefficient (Wildman–Crippen LogP) is 1.76. The normalized spacial score (nSPS) is 23.1. The topological polar surface area (TPSA) is 66.8 Å². The molecule has 0 aromatic heterocycles. The number of carboxylic acids is 1. The maximum absolute atomic E-state index is 12.4. The van der Waals surface area contributed by atoms with E-state index in [4.69, 9.17) is 9.84 Å². The minimum Gasteiger partial charge on any atom is -0.479 e. The fourth-order valence-corrected chi connectivity index (χ4v) is 2.34. The molecule has 0 spiro atoms. The van der Waals surface area contributed by atoms with Crippen molar-refractivity contribution >= 4 is 11.9 Å². The zero-order valence-electron chi connectivity index (χ0n) is 12.3. The molecule has 19 heavy (non-hydrogen) atoms. The van der Waals surface area contributed by atoms with Crippen molar-refractivity contribution in [1.29, 1.82) is 0 Å². The Bertz CT molecular complexity index is 317. The van der Waals surface area contributed by atoms with Gasteiger partial charge in [-0.3, -0.25) is 4.79 Å². The van der Waals surface area contributed by atoms with E-state index in [0.29, 0.717) is 37.8 Å². The van der Waals surface area contributed by atoms with Crippen LogP contribution in [0.15, 0.2) is 0 Å². The average Bonchev–Trinajstić information content (AvgIpc) is 2.75. The van der Waals surface area contributed by atoms with Crippen LogP contribution >= 0.6 is 0 Å². The number of hydrogen-bond acceptors (Lipinski definition) is 3. The van der Waals surface area contributed by atoms with Gasteiger partial charge in [0, 0.05) is 13.1 Å². The van der Waals surface area contributed by atoms with Gasteiger partial charge in [-0.15, -0.1) is 0 Å². The highest BCUT2D eigenvalue weighted by Crippen LogP contribution is 2.22. The van der Waals surface area contributed by atoms with Crippen LogP contribution in [0.25, 0.3) is 0 Å². The molecule has 0 saturated carbocycles. The number of rotatable bonds is 6. The largest absolute Gasteiger partial charge is 0.479 e. The first-order chi connectivity index (χ1) is 8.81. The number of carbonyl (C=O) groups is 2. The van der Waals surface area contributed by atoms with E-state index in [1.165, 1.54) is 0 Å². The number of amides is 1. The number of hydrogen-bond donors (Lipinski definition) is 1. The fourth-order valence-electron chi connectivity index (χ4n) is 2.34. The molecule has 1 rings (SSSR count). The second kappa shape index (κ2) is 6.89. The summed E-state index contributed by atoms with van der Waals surface area (Å²) in [6.45, 7) is 9.64. The number of carbonyl (C=O) groups excluding carboxylic acids is 1. The lowest BCUT2D eigenvalue weighted by atomic mass is 10.1. The standard InChI is InChI=1S/C14H25NO4/c1-9(2)7-15(8-10(3)4)13(16)11-5-6-12(19-11)14(17)18/h9-12H,5-8H2,1-4H3,(H,17,18)/t11-,12+/m0/s1. The molecule has 0 bridgehead atoms. The second-order valence-electron chi connectivity index (χ2n) is 6.06. The van der Waals surface area contributed by atoms with Crippen LogP contribution in [-0.2, 0) is 14.3 Å². The van der Waals surface area contributed by atoms with Gasteiger partial charge in [-0.1, -0.05) is 27.7 Å². The molecule has 1 aliphatic rings. The quantitative estimate of drug-likeness (QED) is 0.799. The summed E-state index contributed by atoms with van der Waals surface area (Å²) in [4.78, 5) is 25.0. The molecule has 1 saturated heterocycles. The lowest BCUT2D eigenvalue weighted by Crippen LogP contribution is -2.43. The summed E-state index contributed by atoms with van der Waals surface area (Å²) in [5.41, 5.74) is 0. The Morgan fingerprint density at radius 2 is 1.58 bits per heavy atom. The monoisotopic (exact) mass is 271 g/mol. The van der Waals surface area contributed by atoms with Crippen molar-refractivity contribution in [2.75, 3.05) is 13.1 Å². The van der Waals surface area contributed by atoms with Gasteiger partial charge < -0.3 is 14.7 Å². The van der Waals surface area contributed by atoms with Gasteiger partial charge in [0.15, 0.2) is 6.10 Å². The minimum atomic E-state index is -0.977. The smallest absolute Gasteiger partial charge is 0.332 e. The highest BCUT2D eigenvalue weighted by molar-refractivity contribution is 5.82. The van der Waals surface area contributed by atoms with Crippen molar-refractivity contribution in [1.82, 2.24) is 4.90 Å². The summed E-state index contributed by atoms with van der Waals surface area (Å²) in [6, 6.07) is 0. The molecule has 0 aromatic rings. The van der Waals surface area contributed by atoms with Crippen LogP contribution in [0.4, 0.5) is 0 Å². The molecule has 1 fully saturated rings. The third-order valence-electron chi connectivity index (χ3n) is 3.05. The molecule has 5 nitrogen and oxygen atoms in total. The van der Waals surface area contributed by atoms with Gasteiger partial charge in [-0.25, -0.2) is 4.79 Å². The van der Waals surface area contributed by atoms with Gasteiger partial charge in [0.2, 0.25) is 0 Å². The molecule has 110 valence electrons. The van der Waals surface area contributed by atoms with Crippen LogP contribution < -0.4 is 0 Å². The Balaban J connectivity index is 2.63. The molecule has 2 atom stereocenters. The zero-order chi connectivity index (χ0) is 14.6. The third kappa shape index (κ3) is 4.82. The fraction of sp³-hybridized carbons (Fsp3) is 0.857. The summed E-state index contributed by atoms with van der Waals surface area (Å²) in [5.74, 6) is -0.264. The van der Waals surface area contributed by atoms with Gasteiger partial charge >= 0.3 is 5.97 Å². The van der Waals surface area contributed by atoms with E-state index in [2.05, 4.69) is 27.7 Å². The molecule has 0 aromatic carbocycles. The van der Waals surface area contributed by atoms with Gasteiger partial charge in [-0.05, 0) is 24.7 Å². The van der Waals surface area contributed by atoms with E-state index >= 15 is 0 Å². The van der Waals surface area contributed by atoms with Crippen LogP contribution in [0.5, 0.6) is 0 Å². The van der Waals surface area contributed by atoms with Gasteiger partial charge in [0.1, 0.15) is 6.10 Å². The van der Waals surface area contributed by atoms with E-state index in [0.717, 1.165) is 0 Å². The minimum absolute atomic E-state index is 0.0637. The summed E-state index contributed by atoms with van der Waals surface area (Å²) in [7, 11) is 0. The molecular weight excluding hydrogens is 246 g/mol. The first-order valence-corrected chi connectivity index (χ1v) is 6.98. The molecule has 0 unspecified atom stereocenters. The summed E-state index contributed by atoms with van der Waals surface area (Å²) in [6.07, 6.45) is -0.488. The van der Waals surface area contributed by atoms with E-state index in [1.54, 1.807) is 0 Å². The first kappa shape index (κ1) is 16.0. The third-order valence-corrected chi connectivity index (χ3v) is 3.05. The number of nitrogens with zero attached hydrogens (tertiary/aromatic N) is 1. The van der Waals surface area contributed by atoms with Crippen LogP contribution in [0.2, 0.25) is 0 Å². The van der Waals surface area contributed by atoms with Crippen LogP contribution in [0, 0.1) is 11.8 Å². The molecule has 1 aliphatic heterocycles. The van der Waals surface area contributed by atoms with Crippen molar-refractivity contribution in [3.63, 3.8) is 0 Å². The molecule has 0 aliphatic carbocycles. The first-order valence-electron chi connectivity index (χ1n) is 6.98. The van der Waals surface area contributed by atoms with Crippen molar-refractivity contribution in [3.8, 4) is 0 Å². The summed E-state index contributed by atoms with van der Waals surface area (Å²) < 4.78 is 5.34. The van der Waals surface area contributed by atoms with Gasteiger partial charge in [-0.2, -0.15) is 0 Å². The highest BCUT2D eigenvalue weighted by Gasteiger charge is 2.36. The zero-order valence-corrected chi connectivity index (χ0v) is 12.3. The summed E-state index contributed by atoms with van der Waals surface area (Å²) in [5, 5.41) is 8.89. The van der Waals surface area contributed by atoms with E-state index < -0.39 is 18.2 Å². The van der Waals surface area contributed by atoms with E-state index in [1.807, 2.05) is 4.90 Å². The van der Waals surface area contributed by atoms with Crippen LogP contribution in [0.3, 0.4) is 0 Å². The van der Waals surface area contributed by atoms with Crippen molar-refractivity contribution in [2.24, 2.45) is 11.8 Å². The number of ether oxygens (including phenoxy) is 1. The Kier molecular flexibility index (Phi) is 5.79. The van der Waals surface area contributed by atoms with Crippen molar-refractivity contribution < 1.29 is 19.4 Å². The second-order valence-corrected chi connectivity index (χ2v) is 6.06. The molecule has 5 heteroatoms. The van der Waals surface area contributed by atoms with E-state index in [9.17, 15) is 9.59 Å². The van der Waals surface area contributed by atoms with Gasteiger partial charge in [0.05, 0.1) is 0 Å². The molecular formula is C14H25NO4. The predicted molar refractivity (Wildman–Crippen MR) is 71.8 cm³/mol. The molecule has 1 amide bonds. The SMILES string of the molecule is CC(C)CN(CC(C)C)C(=O)[C@@H]1CC[C@H](C(=O)O)O1. The van der Waals surface area contributed by atoms with Crippen LogP contribution in [-0.4, -0.2) is 47.2 Å². The number of carboxylic acid groups (broad SMARTS) is 1. The maximum atomic E-state index is 12.4. The lowest BCUT2D eigenvalue weighted by Gasteiger charge is -2.28. The lowest BCUT2D eigenvalue weighted by molar-refractivity contribution is -0.155. The van der Waals surface area contributed by atoms with Crippen molar-refractivity contribution in [2.45, 2.75) is 52.7 Å². The maximum Gasteiger partial charge on any atom is 0.332 e. The Morgan fingerprint density at radius 1 is 1.11 bits per heavy atom. The van der Waals surface area contributed by atoms with Crippen molar-refractivity contribution in [3.05, 3.63) is 0 Å². The Hall–Kier alpha value is -1.10. The van der Waals surface area contributed by atoms with Gasteiger partial charge in [0.25, 0.3) is 5.91 Å². The molecule has 1 N–H and O–H groups in total. The highest BCUT2D eigenvalue weighted by atomic mass is 16.5. The summed E-state index contributed by atoms with van der Waals surface area (Å²) >= 11 is 0. The van der Waals surface area contributed by atoms with Crippen LogP contribution in [0.1, 0.15) is 40.5 Å². The Labute approximate surface area is 114 Å². The van der Waals surface area contributed by atoms with E-state index in [-0.39, 0.29) is 5.91 Å². The molecule has 0 radical (unpaired) electrons. The Morgan fingerprint density at radius 3 is 1.95 bits per heavy atom. The average molecular weight is 271 g/mol. The number of aliphatic carboxylic acids is 1. The molecule has 1 heterocycles.